The van der Waals surface area contributed by atoms with Crippen LogP contribution in [0, 0.1) is 0 Å². The highest BCUT2D eigenvalue weighted by molar-refractivity contribution is 9.10. The molecule has 4 nitrogen and oxygen atoms in total. The minimum Gasteiger partial charge on any atom is -0.393 e. The van der Waals surface area contributed by atoms with Crippen LogP contribution in [0.1, 0.15) is 12.1 Å². The monoisotopic (exact) mass is 331 g/mol. The fourth-order valence-corrected chi connectivity index (χ4v) is 1.81. The summed E-state index contributed by atoms with van der Waals surface area (Å²) in [4.78, 5) is 7.14. The molecule has 0 unspecified atom stereocenters. The molecule has 0 aliphatic rings. The van der Waals surface area contributed by atoms with Gasteiger partial charge in [0, 0.05) is 43.8 Å². The Morgan fingerprint density at radius 3 is 2.83 bits per heavy atom. The van der Waals surface area contributed by atoms with Crippen molar-refractivity contribution in [3.63, 3.8) is 0 Å². The van der Waals surface area contributed by atoms with E-state index in [-0.39, 0.29) is 0 Å². The van der Waals surface area contributed by atoms with Gasteiger partial charge in [0.1, 0.15) is 0 Å². The Morgan fingerprint density at radius 1 is 1.50 bits per heavy atom. The van der Waals surface area contributed by atoms with Gasteiger partial charge in [0.2, 0.25) is 0 Å². The summed E-state index contributed by atoms with van der Waals surface area (Å²) >= 11 is 8.28. The zero-order chi connectivity index (χ0) is 13.4. The van der Waals surface area contributed by atoms with E-state index in [0.29, 0.717) is 11.6 Å². The van der Waals surface area contributed by atoms with E-state index in [0.717, 1.165) is 36.2 Å². The van der Waals surface area contributed by atoms with Crippen LogP contribution in [0.5, 0.6) is 0 Å². The largest absolute Gasteiger partial charge is 0.393 e. The topological polar surface area (TPSA) is 51.4 Å². The van der Waals surface area contributed by atoms with Crippen molar-refractivity contribution in [2.75, 3.05) is 26.8 Å². The molecule has 1 aromatic rings. The third-order valence-corrected chi connectivity index (χ3v) is 3.13. The predicted molar refractivity (Wildman–Crippen MR) is 80.5 cm³/mol. The van der Waals surface area contributed by atoms with Crippen molar-refractivity contribution in [1.29, 1.82) is 0 Å². The molecule has 2 N–H and O–H groups in total. The minimum absolute atomic E-state index is 0.543. The molecule has 0 fully saturated rings. The molecule has 1 rings (SSSR count). The van der Waals surface area contributed by atoms with Gasteiger partial charge < -0.3 is 10.5 Å². The van der Waals surface area contributed by atoms with E-state index in [9.17, 15) is 0 Å². The maximum Gasteiger partial charge on any atom is 0.0740 e. The average Bonchev–Trinajstić information content (AvgIpc) is 2.35. The van der Waals surface area contributed by atoms with Crippen LogP contribution >= 0.6 is 28.1 Å². The highest BCUT2D eigenvalue weighted by Gasteiger charge is 2.07. The number of hydrogen-bond acceptors (Lipinski definition) is 4. The fraction of sp³-hybridized carbons (Fsp3) is 0.500. The van der Waals surface area contributed by atoms with Gasteiger partial charge in [0.15, 0.2) is 0 Å². The number of pyridine rings is 1. The lowest BCUT2D eigenvalue weighted by Gasteiger charge is -2.21. The summed E-state index contributed by atoms with van der Waals surface area (Å²) in [7, 11) is 1.70. The Balaban J connectivity index is 2.53. The van der Waals surface area contributed by atoms with Gasteiger partial charge in [0.25, 0.3) is 0 Å². The number of ether oxygens (including phenoxy) is 1. The summed E-state index contributed by atoms with van der Waals surface area (Å²) in [6, 6.07) is 4.00. The molecule has 0 amide bonds. The molecule has 0 saturated heterocycles. The van der Waals surface area contributed by atoms with Crippen molar-refractivity contribution in [1.82, 2.24) is 9.88 Å². The molecule has 0 aromatic carbocycles. The zero-order valence-electron chi connectivity index (χ0n) is 10.4. The zero-order valence-corrected chi connectivity index (χ0v) is 12.8. The van der Waals surface area contributed by atoms with Gasteiger partial charge in [-0.05, 0) is 28.1 Å². The van der Waals surface area contributed by atoms with Crippen molar-refractivity contribution >= 4 is 33.1 Å². The molecule has 100 valence electrons. The second-order valence-corrected chi connectivity index (χ2v) is 5.39. The van der Waals surface area contributed by atoms with Crippen LogP contribution in [-0.2, 0) is 11.3 Å². The number of aromatic nitrogens is 1. The summed E-state index contributed by atoms with van der Waals surface area (Å²) in [5, 5.41) is 0. The first kappa shape index (κ1) is 15.5. The number of thiocarbonyl (C=S) groups is 1. The van der Waals surface area contributed by atoms with Crippen LogP contribution in [0.3, 0.4) is 0 Å². The summed E-state index contributed by atoms with van der Waals surface area (Å²) in [6.07, 6.45) is 2.52. The van der Waals surface area contributed by atoms with E-state index in [1.54, 1.807) is 13.3 Å². The van der Waals surface area contributed by atoms with E-state index in [4.69, 9.17) is 22.7 Å². The van der Waals surface area contributed by atoms with E-state index >= 15 is 0 Å². The molecule has 0 radical (unpaired) electrons. The Labute approximate surface area is 122 Å². The number of methoxy groups -OCH3 is 1. The molecule has 0 aliphatic heterocycles. The number of halogens is 1. The molecule has 18 heavy (non-hydrogen) atoms. The summed E-state index contributed by atoms with van der Waals surface area (Å²) in [6.45, 7) is 3.14. The van der Waals surface area contributed by atoms with E-state index in [1.165, 1.54) is 0 Å². The lowest BCUT2D eigenvalue weighted by Crippen LogP contribution is -2.30. The van der Waals surface area contributed by atoms with E-state index in [2.05, 4.69) is 25.8 Å². The molecule has 0 atom stereocenters. The number of nitrogens with zero attached hydrogens (tertiary/aromatic N) is 2. The van der Waals surface area contributed by atoms with Crippen molar-refractivity contribution in [2.45, 2.75) is 13.0 Å². The molecule has 0 spiro atoms. The smallest absolute Gasteiger partial charge is 0.0740 e. The maximum atomic E-state index is 5.53. The molecule has 6 heteroatoms. The van der Waals surface area contributed by atoms with Crippen molar-refractivity contribution in [2.24, 2.45) is 5.73 Å². The molecule has 0 saturated carbocycles. The van der Waals surface area contributed by atoms with Crippen molar-refractivity contribution in [3.05, 3.63) is 28.5 Å². The Kier molecular flexibility index (Phi) is 7.34. The van der Waals surface area contributed by atoms with Gasteiger partial charge in [-0.25, -0.2) is 0 Å². The van der Waals surface area contributed by atoms with Crippen LogP contribution in [0.2, 0.25) is 0 Å². The predicted octanol–water partition coefficient (Wildman–Crippen LogP) is 1.97. The van der Waals surface area contributed by atoms with Crippen molar-refractivity contribution < 1.29 is 4.74 Å². The standard InChI is InChI=1S/C12H18BrN3OS/c1-17-7-6-16(5-4-12(14)18)9-11-3-2-10(13)8-15-11/h2-3,8H,4-7,9H2,1H3,(H2,14,18). The quantitative estimate of drug-likeness (QED) is 0.738. The van der Waals surface area contributed by atoms with Crippen LogP contribution in [0.25, 0.3) is 0 Å². The molecular formula is C12H18BrN3OS. The van der Waals surface area contributed by atoms with Gasteiger partial charge in [-0.1, -0.05) is 12.2 Å². The van der Waals surface area contributed by atoms with Gasteiger partial charge in [-0.3, -0.25) is 9.88 Å². The molecule has 0 aliphatic carbocycles. The van der Waals surface area contributed by atoms with Gasteiger partial charge in [0.05, 0.1) is 17.3 Å². The molecule has 1 aromatic heterocycles. The van der Waals surface area contributed by atoms with Crippen molar-refractivity contribution in [3.8, 4) is 0 Å². The number of nitrogens with two attached hydrogens (primary N) is 1. The maximum absolute atomic E-state index is 5.53. The molecule has 0 bridgehead atoms. The number of rotatable bonds is 8. The first-order valence-electron chi connectivity index (χ1n) is 5.72. The second-order valence-electron chi connectivity index (χ2n) is 3.95. The lowest BCUT2D eigenvalue weighted by molar-refractivity contribution is 0.145. The molecule has 1 heterocycles. The average molecular weight is 332 g/mol. The van der Waals surface area contributed by atoms with Crippen LogP contribution in [0.4, 0.5) is 0 Å². The summed E-state index contributed by atoms with van der Waals surface area (Å²) in [5.74, 6) is 0. The normalized spacial score (nSPS) is 10.8. The van der Waals surface area contributed by atoms with Gasteiger partial charge >= 0.3 is 0 Å². The first-order valence-corrected chi connectivity index (χ1v) is 6.92. The summed E-state index contributed by atoms with van der Waals surface area (Å²) in [5.41, 5.74) is 6.56. The summed E-state index contributed by atoms with van der Waals surface area (Å²) < 4.78 is 6.09. The highest BCUT2D eigenvalue weighted by atomic mass is 79.9. The molecular weight excluding hydrogens is 314 g/mol. The third-order valence-electron chi connectivity index (χ3n) is 2.46. The SMILES string of the molecule is COCCN(CCC(N)=S)Cc1ccc(Br)cn1. The second kappa shape index (κ2) is 8.53. The Hall–Kier alpha value is -0.560. The van der Waals surface area contributed by atoms with Gasteiger partial charge in [-0.2, -0.15) is 0 Å². The highest BCUT2D eigenvalue weighted by Crippen LogP contribution is 2.09. The minimum atomic E-state index is 0.543. The van der Waals surface area contributed by atoms with Gasteiger partial charge in [-0.15, -0.1) is 0 Å². The van der Waals surface area contributed by atoms with E-state index in [1.807, 2.05) is 12.1 Å². The van der Waals surface area contributed by atoms with E-state index < -0.39 is 0 Å². The van der Waals surface area contributed by atoms with Crippen LogP contribution in [-0.4, -0.2) is 41.7 Å². The lowest BCUT2D eigenvalue weighted by atomic mass is 10.3. The third kappa shape index (κ3) is 6.39. The first-order chi connectivity index (χ1) is 8.61. The Bertz CT molecular complexity index is 372. The van der Waals surface area contributed by atoms with Crippen LogP contribution in [0.15, 0.2) is 22.8 Å². The fourth-order valence-electron chi connectivity index (χ4n) is 1.49. The van der Waals surface area contributed by atoms with Crippen LogP contribution < -0.4 is 5.73 Å². The number of hydrogen-bond donors (Lipinski definition) is 1. The Morgan fingerprint density at radius 2 is 2.28 bits per heavy atom.